The summed E-state index contributed by atoms with van der Waals surface area (Å²) in [7, 11) is -3.71. The number of nitrogens with one attached hydrogen (secondary N) is 1. The van der Waals surface area contributed by atoms with Crippen molar-refractivity contribution in [2.75, 3.05) is 11.9 Å². The summed E-state index contributed by atoms with van der Waals surface area (Å²) in [4.78, 5) is 16.8. The number of rotatable bonds is 4. The molecule has 132 valence electrons. The topological polar surface area (TPSA) is 79.4 Å². The highest BCUT2D eigenvalue weighted by atomic mass is 32.2. The molecule has 0 spiro atoms. The summed E-state index contributed by atoms with van der Waals surface area (Å²) in [6.07, 6.45) is 5.26. The average molecular weight is 359 g/mol. The van der Waals surface area contributed by atoms with E-state index in [9.17, 15) is 13.2 Å². The Morgan fingerprint density at radius 2 is 1.80 bits per heavy atom. The molecule has 0 aliphatic carbocycles. The summed E-state index contributed by atoms with van der Waals surface area (Å²) in [5.41, 5.74) is 1.60. The number of piperidine rings is 1. The molecular formula is C18H21N3O3S. The minimum Gasteiger partial charge on any atom is -0.325 e. The molecule has 1 atom stereocenters. The van der Waals surface area contributed by atoms with Crippen molar-refractivity contribution in [1.29, 1.82) is 0 Å². The lowest BCUT2D eigenvalue weighted by atomic mass is 10.0. The van der Waals surface area contributed by atoms with E-state index in [4.69, 9.17) is 0 Å². The molecule has 0 unspecified atom stereocenters. The summed E-state index contributed by atoms with van der Waals surface area (Å²) >= 11 is 0. The summed E-state index contributed by atoms with van der Waals surface area (Å²) < 4.78 is 27.3. The van der Waals surface area contributed by atoms with Gasteiger partial charge in [-0.3, -0.25) is 9.78 Å². The van der Waals surface area contributed by atoms with Gasteiger partial charge in [-0.05, 0) is 44.0 Å². The normalized spacial score (nSPS) is 18.7. The molecule has 6 nitrogen and oxygen atoms in total. The molecule has 1 aromatic heterocycles. The Bertz CT molecular complexity index is 836. The number of amides is 1. The molecule has 25 heavy (non-hydrogen) atoms. The summed E-state index contributed by atoms with van der Waals surface area (Å²) in [6, 6.07) is 9.38. The summed E-state index contributed by atoms with van der Waals surface area (Å²) in [5, 5.41) is 2.79. The van der Waals surface area contributed by atoms with Crippen molar-refractivity contribution in [3.63, 3.8) is 0 Å². The van der Waals surface area contributed by atoms with Gasteiger partial charge in [0.2, 0.25) is 15.9 Å². The SMILES string of the molecule is Cc1ccc(S(=O)(=O)N2CCCC[C@@H]2C(=O)Nc2ccncc2)cc1. The molecule has 0 saturated carbocycles. The van der Waals surface area contributed by atoms with E-state index in [-0.39, 0.29) is 10.8 Å². The van der Waals surface area contributed by atoms with Crippen LogP contribution in [0.3, 0.4) is 0 Å². The molecule has 7 heteroatoms. The Labute approximate surface area is 147 Å². The van der Waals surface area contributed by atoms with Gasteiger partial charge >= 0.3 is 0 Å². The first-order chi connectivity index (χ1) is 12.0. The van der Waals surface area contributed by atoms with E-state index >= 15 is 0 Å². The van der Waals surface area contributed by atoms with Crippen molar-refractivity contribution >= 4 is 21.6 Å². The Balaban J connectivity index is 1.85. The molecule has 1 N–H and O–H groups in total. The molecule has 0 radical (unpaired) electrons. The van der Waals surface area contributed by atoms with Gasteiger partial charge in [-0.25, -0.2) is 8.42 Å². The zero-order chi connectivity index (χ0) is 17.9. The van der Waals surface area contributed by atoms with Crippen LogP contribution in [0, 0.1) is 6.92 Å². The van der Waals surface area contributed by atoms with Gasteiger partial charge in [-0.1, -0.05) is 24.1 Å². The van der Waals surface area contributed by atoms with Crippen LogP contribution in [0.4, 0.5) is 5.69 Å². The lowest BCUT2D eigenvalue weighted by Crippen LogP contribution is -2.49. The standard InChI is InChI=1S/C18H21N3O3S/c1-14-5-7-16(8-6-14)25(23,24)21-13-3-2-4-17(21)18(22)20-15-9-11-19-12-10-15/h5-12,17H,2-4,13H2,1H3,(H,19,20,22)/t17-/m1/s1. The van der Waals surface area contributed by atoms with Gasteiger partial charge in [0.1, 0.15) is 6.04 Å². The number of hydrogen-bond acceptors (Lipinski definition) is 4. The number of nitrogens with zero attached hydrogens (tertiary/aromatic N) is 2. The predicted molar refractivity (Wildman–Crippen MR) is 95.6 cm³/mol. The third-order valence-corrected chi connectivity index (χ3v) is 6.25. The quantitative estimate of drug-likeness (QED) is 0.910. The molecule has 2 heterocycles. The van der Waals surface area contributed by atoms with Crippen molar-refractivity contribution in [2.24, 2.45) is 0 Å². The number of pyridine rings is 1. The smallest absolute Gasteiger partial charge is 0.243 e. The van der Waals surface area contributed by atoms with Crippen LogP contribution in [0.5, 0.6) is 0 Å². The third-order valence-electron chi connectivity index (χ3n) is 4.33. The van der Waals surface area contributed by atoms with Gasteiger partial charge in [-0.15, -0.1) is 0 Å². The molecule has 1 saturated heterocycles. The first kappa shape index (κ1) is 17.6. The second-order valence-corrected chi connectivity index (χ2v) is 8.06. The minimum atomic E-state index is -3.71. The van der Waals surface area contributed by atoms with Crippen LogP contribution in [0.1, 0.15) is 24.8 Å². The predicted octanol–water partition coefficient (Wildman–Crippen LogP) is 2.57. The van der Waals surface area contributed by atoms with Crippen molar-refractivity contribution in [3.05, 3.63) is 54.4 Å². The van der Waals surface area contributed by atoms with Crippen LogP contribution in [0.2, 0.25) is 0 Å². The third kappa shape index (κ3) is 3.88. The Kier molecular flexibility index (Phi) is 5.15. The van der Waals surface area contributed by atoms with Crippen LogP contribution in [-0.2, 0) is 14.8 Å². The fourth-order valence-corrected chi connectivity index (χ4v) is 4.62. The second-order valence-electron chi connectivity index (χ2n) is 6.17. The highest BCUT2D eigenvalue weighted by Crippen LogP contribution is 2.26. The molecule has 1 fully saturated rings. The van der Waals surface area contributed by atoms with E-state index in [1.165, 1.54) is 4.31 Å². The lowest BCUT2D eigenvalue weighted by molar-refractivity contribution is -0.120. The van der Waals surface area contributed by atoms with E-state index < -0.39 is 16.1 Å². The second kappa shape index (κ2) is 7.33. The number of aryl methyl sites for hydroxylation is 1. The van der Waals surface area contributed by atoms with Crippen LogP contribution < -0.4 is 5.32 Å². The fraction of sp³-hybridized carbons (Fsp3) is 0.333. The summed E-state index contributed by atoms with van der Waals surface area (Å²) in [5.74, 6) is -0.304. The number of aromatic nitrogens is 1. The van der Waals surface area contributed by atoms with Crippen LogP contribution in [0.25, 0.3) is 0 Å². The van der Waals surface area contributed by atoms with Gasteiger partial charge in [0.15, 0.2) is 0 Å². The van der Waals surface area contributed by atoms with Crippen LogP contribution >= 0.6 is 0 Å². The first-order valence-corrected chi connectivity index (χ1v) is 9.72. The Hall–Kier alpha value is -2.25. The molecular weight excluding hydrogens is 338 g/mol. The molecule has 1 aromatic carbocycles. The minimum absolute atomic E-state index is 0.224. The monoisotopic (exact) mass is 359 g/mol. The van der Waals surface area contributed by atoms with Crippen LogP contribution in [-0.4, -0.2) is 36.2 Å². The number of hydrogen-bond donors (Lipinski definition) is 1. The fourth-order valence-electron chi connectivity index (χ4n) is 2.96. The number of carbonyl (C=O) groups is 1. The van der Waals surface area contributed by atoms with E-state index in [0.717, 1.165) is 18.4 Å². The zero-order valence-corrected chi connectivity index (χ0v) is 14.9. The molecule has 2 aromatic rings. The van der Waals surface area contributed by atoms with Crippen molar-refractivity contribution < 1.29 is 13.2 Å². The molecule has 1 aliphatic rings. The number of carbonyl (C=O) groups excluding carboxylic acids is 1. The van der Waals surface area contributed by atoms with Gasteiger partial charge in [0, 0.05) is 24.6 Å². The maximum Gasteiger partial charge on any atom is 0.243 e. The van der Waals surface area contributed by atoms with E-state index in [2.05, 4.69) is 10.3 Å². The number of benzene rings is 1. The van der Waals surface area contributed by atoms with Gasteiger partial charge in [0.25, 0.3) is 0 Å². The van der Waals surface area contributed by atoms with E-state index in [1.807, 2.05) is 6.92 Å². The molecule has 1 amide bonds. The first-order valence-electron chi connectivity index (χ1n) is 8.28. The van der Waals surface area contributed by atoms with Crippen molar-refractivity contribution in [1.82, 2.24) is 9.29 Å². The molecule has 0 bridgehead atoms. The Morgan fingerprint density at radius 3 is 2.48 bits per heavy atom. The maximum absolute atomic E-state index is 13.0. The maximum atomic E-state index is 13.0. The Morgan fingerprint density at radius 1 is 1.12 bits per heavy atom. The van der Waals surface area contributed by atoms with E-state index in [1.54, 1.807) is 48.8 Å². The largest absolute Gasteiger partial charge is 0.325 e. The van der Waals surface area contributed by atoms with Crippen molar-refractivity contribution in [2.45, 2.75) is 37.1 Å². The highest BCUT2D eigenvalue weighted by Gasteiger charge is 2.37. The number of anilines is 1. The van der Waals surface area contributed by atoms with Gasteiger partial charge < -0.3 is 5.32 Å². The summed E-state index contributed by atoms with van der Waals surface area (Å²) in [6.45, 7) is 2.26. The average Bonchev–Trinajstić information content (AvgIpc) is 2.63. The number of sulfonamides is 1. The molecule has 3 rings (SSSR count). The van der Waals surface area contributed by atoms with E-state index in [0.29, 0.717) is 18.7 Å². The van der Waals surface area contributed by atoms with Gasteiger partial charge in [-0.2, -0.15) is 4.31 Å². The van der Waals surface area contributed by atoms with Gasteiger partial charge in [0.05, 0.1) is 4.90 Å². The molecule has 1 aliphatic heterocycles. The van der Waals surface area contributed by atoms with Crippen LogP contribution in [0.15, 0.2) is 53.7 Å². The lowest BCUT2D eigenvalue weighted by Gasteiger charge is -2.33. The van der Waals surface area contributed by atoms with Crippen molar-refractivity contribution in [3.8, 4) is 0 Å². The zero-order valence-electron chi connectivity index (χ0n) is 14.1. The highest BCUT2D eigenvalue weighted by molar-refractivity contribution is 7.89.